The van der Waals surface area contributed by atoms with Gasteiger partial charge in [-0.3, -0.25) is 4.79 Å². The standard InChI is InChI=1S/C35H46ClNO6S/c1-3-30-9-4-5-10-34(42-19-18-41-2)31-15-12-27(31)22-37-17-7-6-8-25-20-29(36)14-11-28(25)23-43-35-16-13-26(21-32(35)37)33(38)24-44(30,39)40/h5,10-11,13-14,16,20-21,27,30-31,34H,3-4,6-9,12,15,17-19,22-24H2,1-2H3/b10-5+/t27-,30+,31+,34-/m0/s1. The van der Waals surface area contributed by atoms with E-state index in [1.165, 1.54) is 5.56 Å². The molecule has 1 saturated carbocycles. The number of halogens is 1. The number of rotatable bonds is 5. The smallest absolute Gasteiger partial charge is 0.177 e. The number of Topliss-reactive ketones (excluding diaryl/α,β-unsaturated/α-hetero) is 1. The summed E-state index contributed by atoms with van der Waals surface area (Å²) < 4.78 is 44.9. The highest BCUT2D eigenvalue weighted by atomic mass is 35.5. The molecule has 0 amide bonds. The van der Waals surface area contributed by atoms with E-state index in [1.807, 2.05) is 37.3 Å². The second-order valence-electron chi connectivity index (χ2n) is 12.4. The number of anilines is 1. The minimum atomic E-state index is -3.63. The van der Waals surface area contributed by atoms with Crippen molar-refractivity contribution in [1.82, 2.24) is 0 Å². The van der Waals surface area contributed by atoms with Crippen molar-refractivity contribution in [3.05, 3.63) is 70.3 Å². The first-order valence-electron chi connectivity index (χ1n) is 16.1. The van der Waals surface area contributed by atoms with Crippen molar-refractivity contribution in [3.63, 3.8) is 0 Å². The molecule has 1 aliphatic carbocycles. The van der Waals surface area contributed by atoms with Crippen molar-refractivity contribution < 1.29 is 27.4 Å². The highest BCUT2D eigenvalue weighted by Crippen LogP contribution is 2.42. The van der Waals surface area contributed by atoms with Gasteiger partial charge in [-0.1, -0.05) is 36.7 Å². The molecule has 0 N–H and O–H groups in total. The Hall–Kier alpha value is -2.39. The van der Waals surface area contributed by atoms with Crippen LogP contribution in [0.2, 0.25) is 5.02 Å². The van der Waals surface area contributed by atoms with Gasteiger partial charge in [0.25, 0.3) is 0 Å². The van der Waals surface area contributed by atoms with Gasteiger partial charge in [0.15, 0.2) is 15.6 Å². The predicted molar refractivity (Wildman–Crippen MR) is 176 cm³/mol. The quantitative estimate of drug-likeness (QED) is 0.260. The summed E-state index contributed by atoms with van der Waals surface area (Å²) in [5.74, 6) is 0.605. The minimum absolute atomic E-state index is 0.0553. The van der Waals surface area contributed by atoms with E-state index in [2.05, 4.69) is 17.1 Å². The summed E-state index contributed by atoms with van der Waals surface area (Å²) in [6.45, 7) is 4.92. The third-order valence-electron chi connectivity index (χ3n) is 9.52. The second-order valence-corrected chi connectivity index (χ2v) is 15.1. The fourth-order valence-electron chi connectivity index (χ4n) is 6.77. The number of hydrogen-bond donors (Lipinski definition) is 0. The number of sulfone groups is 1. The van der Waals surface area contributed by atoms with E-state index in [0.717, 1.165) is 61.5 Å². The Balaban J connectivity index is 1.52. The number of aryl methyl sites for hydroxylation is 1. The molecule has 2 aromatic carbocycles. The number of ether oxygens (including phenoxy) is 3. The summed E-state index contributed by atoms with van der Waals surface area (Å²) in [6.07, 6.45) is 10.8. The average molecular weight is 644 g/mol. The SMILES string of the molecule is CC[C@@H]1CC/C=C/[C@H](OCCOC)[C@@H]2CC[C@H]2CN2CCCCc3cc(Cl)ccc3COc3ccc(cc32)C(=O)CS1(=O)=O. The van der Waals surface area contributed by atoms with E-state index in [-0.39, 0.29) is 11.9 Å². The molecule has 2 heterocycles. The van der Waals surface area contributed by atoms with Crippen molar-refractivity contribution in [2.24, 2.45) is 11.8 Å². The number of nitrogens with zero attached hydrogens (tertiary/aromatic N) is 1. The van der Waals surface area contributed by atoms with Crippen molar-refractivity contribution >= 4 is 32.9 Å². The van der Waals surface area contributed by atoms with E-state index in [4.69, 9.17) is 25.8 Å². The number of allylic oxidation sites excluding steroid dienone is 1. The fraction of sp³-hybridized carbons (Fsp3) is 0.571. The lowest BCUT2D eigenvalue weighted by Gasteiger charge is -2.44. The first-order chi connectivity index (χ1) is 21.3. The molecule has 1 fully saturated rings. The topological polar surface area (TPSA) is 82.1 Å². The van der Waals surface area contributed by atoms with E-state index in [1.54, 1.807) is 13.2 Å². The third-order valence-corrected chi connectivity index (χ3v) is 12.0. The molecule has 5 rings (SSSR count). The van der Waals surface area contributed by atoms with Crippen LogP contribution in [0.3, 0.4) is 0 Å². The van der Waals surface area contributed by atoms with Crippen molar-refractivity contribution in [2.45, 2.75) is 76.3 Å². The fourth-order valence-corrected chi connectivity index (χ4v) is 8.74. The van der Waals surface area contributed by atoms with Crippen molar-refractivity contribution in [2.75, 3.05) is 44.1 Å². The Kier molecular flexibility index (Phi) is 11.4. The molecule has 0 unspecified atom stereocenters. The summed E-state index contributed by atoms with van der Waals surface area (Å²) in [5.41, 5.74) is 3.56. The van der Waals surface area contributed by atoms with Crippen molar-refractivity contribution in [3.8, 4) is 5.75 Å². The van der Waals surface area contributed by atoms with Gasteiger partial charge in [-0.05, 0) is 105 Å². The Morgan fingerprint density at radius 3 is 2.68 bits per heavy atom. The molecule has 240 valence electrons. The number of benzene rings is 2. The number of carbonyl (C=O) groups is 1. The summed E-state index contributed by atoms with van der Waals surface area (Å²) in [4.78, 5) is 15.9. The van der Waals surface area contributed by atoms with Crippen LogP contribution in [0.25, 0.3) is 0 Å². The molecule has 44 heavy (non-hydrogen) atoms. The van der Waals surface area contributed by atoms with E-state index in [0.29, 0.717) is 62.2 Å². The van der Waals surface area contributed by atoms with Crippen molar-refractivity contribution in [1.29, 1.82) is 0 Å². The zero-order chi connectivity index (χ0) is 31.1. The highest BCUT2D eigenvalue weighted by molar-refractivity contribution is 7.92. The molecule has 0 saturated heterocycles. The average Bonchev–Trinajstić information content (AvgIpc) is 3.01. The Bertz CT molecular complexity index is 1430. The maximum Gasteiger partial charge on any atom is 0.177 e. The monoisotopic (exact) mass is 643 g/mol. The molecule has 0 spiro atoms. The first kappa shape index (κ1) is 33.0. The minimum Gasteiger partial charge on any atom is -0.487 e. The van der Waals surface area contributed by atoms with Gasteiger partial charge in [-0.2, -0.15) is 0 Å². The van der Waals surface area contributed by atoms with Crippen LogP contribution < -0.4 is 9.64 Å². The van der Waals surface area contributed by atoms with Crippen LogP contribution in [0, 0.1) is 11.8 Å². The van der Waals surface area contributed by atoms with Crippen LogP contribution in [0.1, 0.15) is 73.4 Å². The normalized spacial score (nSPS) is 26.7. The van der Waals surface area contributed by atoms with Gasteiger partial charge >= 0.3 is 0 Å². The molecule has 7 nitrogen and oxygen atoms in total. The third kappa shape index (κ3) is 8.06. The number of carbonyl (C=O) groups excluding carboxylic acids is 1. The molecule has 0 radical (unpaired) electrons. The van der Waals surface area contributed by atoms with Crippen LogP contribution in [0.5, 0.6) is 5.75 Å². The van der Waals surface area contributed by atoms with Gasteiger partial charge in [0.2, 0.25) is 0 Å². The van der Waals surface area contributed by atoms with Crippen LogP contribution in [-0.2, 0) is 32.3 Å². The van der Waals surface area contributed by atoms with Crippen LogP contribution in [0.15, 0.2) is 48.6 Å². The molecule has 9 heteroatoms. The first-order valence-corrected chi connectivity index (χ1v) is 18.2. The molecule has 2 aliphatic heterocycles. The number of ketones is 1. The highest BCUT2D eigenvalue weighted by Gasteiger charge is 2.38. The molecular formula is C35H46ClNO6S. The Morgan fingerprint density at radius 2 is 1.91 bits per heavy atom. The predicted octanol–water partition coefficient (Wildman–Crippen LogP) is 6.85. The van der Waals surface area contributed by atoms with E-state index < -0.39 is 20.8 Å². The zero-order valence-corrected chi connectivity index (χ0v) is 27.6. The summed E-state index contributed by atoms with van der Waals surface area (Å²) in [6, 6.07) is 11.4. The van der Waals surface area contributed by atoms with Gasteiger partial charge in [0.05, 0.1) is 30.3 Å². The van der Waals surface area contributed by atoms with Gasteiger partial charge in [0.1, 0.15) is 18.1 Å². The Morgan fingerprint density at radius 1 is 1.05 bits per heavy atom. The van der Waals surface area contributed by atoms with Gasteiger partial charge in [-0.15, -0.1) is 0 Å². The molecule has 3 aliphatic rings. The molecule has 2 bridgehead atoms. The molecule has 2 aromatic rings. The largest absolute Gasteiger partial charge is 0.487 e. The summed E-state index contributed by atoms with van der Waals surface area (Å²) in [7, 11) is -1.95. The molecule has 4 atom stereocenters. The lowest BCUT2D eigenvalue weighted by Crippen LogP contribution is -2.44. The lowest BCUT2D eigenvalue weighted by molar-refractivity contribution is -0.0308. The van der Waals surface area contributed by atoms with Gasteiger partial charge in [0, 0.05) is 30.8 Å². The maximum absolute atomic E-state index is 13.5. The summed E-state index contributed by atoms with van der Waals surface area (Å²) in [5, 5.41) is 0.155. The van der Waals surface area contributed by atoms with Gasteiger partial charge in [-0.25, -0.2) is 8.42 Å². The van der Waals surface area contributed by atoms with Crippen LogP contribution >= 0.6 is 11.6 Å². The lowest BCUT2D eigenvalue weighted by atomic mass is 9.70. The van der Waals surface area contributed by atoms with Crippen LogP contribution in [-0.4, -0.2) is 64.7 Å². The Labute approximate surface area is 267 Å². The number of methoxy groups -OCH3 is 1. The summed E-state index contributed by atoms with van der Waals surface area (Å²) >= 11 is 6.34. The number of hydrogen-bond acceptors (Lipinski definition) is 7. The number of fused-ring (bicyclic) bond motifs is 3. The molecule has 0 aromatic heterocycles. The maximum atomic E-state index is 13.5. The van der Waals surface area contributed by atoms with Crippen LogP contribution in [0.4, 0.5) is 5.69 Å². The van der Waals surface area contributed by atoms with Gasteiger partial charge < -0.3 is 19.1 Å². The van der Waals surface area contributed by atoms with E-state index >= 15 is 0 Å². The zero-order valence-electron chi connectivity index (χ0n) is 26.0. The van der Waals surface area contributed by atoms with E-state index in [9.17, 15) is 13.2 Å². The molecular weight excluding hydrogens is 598 g/mol. The second kappa shape index (κ2) is 15.3.